The second-order valence-corrected chi connectivity index (χ2v) is 7.14. The van der Waals surface area contributed by atoms with Crippen molar-refractivity contribution in [3.63, 3.8) is 0 Å². The number of rotatable bonds is 6. The zero-order valence-corrected chi connectivity index (χ0v) is 15.3. The van der Waals surface area contributed by atoms with Crippen LogP contribution < -0.4 is 4.74 Å². The highest BCUT2D eigenvalue weighted by Crippen LogP contribution is 2.27. The lowest BCUT2D eigenvalue weighted by Gasteiger charge is -2.09. The summed E-state index contributed by atoms with van der Waals surface area (Å²) in [7, 11) is 0. The quantitative estimate of drug-likeness (QED) is 0.518. The summed E-state index contributed by atoms with van der Waals surface area (Å²) < 4.78 is 10.9. The Morgan fingerprint density at radius 2 is 1.19 bits per heavy atom. The fourth-order valence-electron chi connectivity index (χ4n) is 3.01. The summed E-state index contributed by atoms with van der Waals surface area (Å²) in [6, 6.07) is 25.9. The number of benzene rings is 3. The molecule has 2 nitrogen and oxygen atoms in total. The van der Waals surface area contributed by atoms with E-state index in [1.54, 1.807) is 0 Å². The van der Waals surface area contributed by atoms with E-state index in [0.29, 0.717) is 12.5 Å². The van der Waals surface area contributed by atoms with Crippen LogP contribution >= 0.6 is 0 Å². The minimum Gasteiger partial charge on any atom is -0.491 e. The standard InChI is InChI=1S/C24H24O2/c1-17(2)18-3-5-19(6-4-18)20-7-9-21(10-8-20)22-11-13-23(14-12-22)25-15-24-16-26-24/h3-14,17,24H,15-16H2,1-2H3. The Bertz CT molecular complexity index is 842. The van der Waals surface area contributed by atoms with E-state index in [2.05, 4.69) is 74.5 Å². The van der Waals surface area contributed by atoms with Crippen molar-refractivity contribution in [1.82, 2.24) is 0 Å². The summed E-state index contributed by atoms with van der Waals surface area (Å²) >= 11 is 0. The molecule has 3 aromatic rings. The zero-order valence-electron chi connectivity index (χ0n) is 15.3. The van der Waals surface area contributed by atoms with Gasteiger partial charge in [-0.1, -0.05) is 74.5 Å². The van der Waals surface area contributed by atoms with E-state index in [1.165, 1.54) is 27.8 Å². The summed E-state index contributed by atoms with van der Waals surface area (Å²) in [6.45, 7) is 5.91. The van der Waals surface area contributed by atoms with E-state index < -0.39 is 0 Å². The zero-order chi connectivity index (χ0) is 17.9. The molecule has 1 heterocycles. The second-order valence-electron chi connectivity index (χ2n) is 7.14. The molecule has 0 radical (unpaired) electrons. The highest BCUT2D eigenvalue weighted by molar-refractivity contribution is 5.70. The Morgan fingerprint density at radius 1 is 0.769 bits per heavy atom. The van der Waals surface area contributed by atoms with E-state index in [9.17, 15) is 0 Å². The van der Waals surface area contributed by atoms with Gasteiger partial charge in [-0.3, -0.25) is 0 Å². The van der Waals surface area contributed by atoms with Crippen LogP contribution in [0.4, 0.5) is 0 Å². The van der Waals surface area contributed by atoms with Gasteiger partial charge in [-0.15, -0.1) is 0 Å². The summed E-state index contributed by atoms with van der Waals surface area (Å²) in [5, 5.41) is 0. The molecule has 0 aliphatic carbocycles. The largest absolute Gasteiger partial charge is 0.491 e. The number of hydrogen-bond donors (Lipinski definition) is 0. The van der Waals surface area contributed by atoms with Crippen molar-refractivity contribution in [2.24, 2.45) is 0 Å². The second kappa shape index (κ2) is 7.35. The first-order chi connectivity index (χ1) is 12.7. The molecule has 0 bridgehead atoms. The molecular formula is C24H24O2. The van der Waals surface area contributed by atoms with Gasteiger partial charge in [-0.25, -0.2) is 0 Å². The van der Waals surface area contributed by atoms with Crippen molar-refractivity contribution in [1.29, 1.82) is 0 Å². The van der Waals surface area contributed by atoms with E-state index >= 15 is 0 Å². The Hall–Kier alpha value is -2.58. The van der Waals surface area contributed by atoms with Crippen LogP contribution in [-0.4, -0.2) is 19.3 Å². The molecule has 0 spiro atoms. The molecule has 2 heteroatoms. The average molecular weight is 344 g/mol. The molecule has 1 aliphatic rings. The van der Waals surface area contributed by atoms with Crippen LogP contribution in [0, 0.1) is 0 Å². The van der Waals surface area contributed by atoms with Crippen LogP contribution in [0.1, 0.15) is 25.3 Å². The number of epoxide rings is 1. The van der Waals surface area contributed by atoms with Crippen LogP contribution in [0.2, 0.25) is 0 Å². The van der Waals surface area contributed by atoms with Crippen LogP contribution in [0.5, 0.6) is 5.75 Å². The van der Waals surface area contributed by atoms with Crippen LogP contribution in [0.25, 0.3) is 22.3 Å². The minimum absolute atomic E-state index is 0.289. The summed E-state index contributed by atoms with van der Waals surface area (Å²) in [5.41, 5.74) is 6.28. The van der Waals surface area contributed by atoms with Gasteiger partial charge in [-0.2, -0.15) is 0 Å². The van der Waals surface area contributed by atoms with Crippen LogP contribution in [-0.2, 0) is 4.74 Å². The van der Waals surface area contributed by atoms with E-state index in [0.717, 1.165) is 12.4 Å². The topological polar surface area (TPSA) is 21.8 Å². The molecule has 0 N–H and O–H groups in total. The highest BCUT2D eigenvalue weighted by atomic mass is 16.6. The molecular weight excluding hydrogens is 320 g/mol. The highest BCUT2D eigenvalue weighted by Gasteiger charge is 2.22. The summed E-state index contributed by atoms with van der Waals surface area (Å²) in [6.07, 6.45) is 0.289. The maximum Gasteiger partial charge on any atom is 0.119 e. The lowest BCUT2D eigenvalue weighted by atomic mass is 9.97. The van der Waals surface area contributed by atoms with Gasteiger partial charge in [0.2, 0.25) is 0 Å². The fraction of sp³-hybridized carbons (Fsp3) is 0.250. The van der Waals surface area contributed by atoms with E-state index in [4.69, 9.17) is 9.47 Å². The predicted molar refractivity (Wildman–Crippen MR) is 107 cm³/mol. The third-order valence-corrected chi connectivity index (χ3v) is 4.82. The van der Waals surface area contributed by atoms with E-state index in [1.807, 2.05) is 12.1 Å². The average Bonchev–Trinajstić information content (AvgIpc) is 3.52. The Kier molecular flexibility index (Phi) is 4.77. The molecule has 0 saturated carbocycles. The Balaban J connectivity index is 1.46. The predicted octanol–water partition coefficient (Wildman–Crippen LogP) is 5.92. The normalized spacial score (nSPS) is 15.9. The third-order valence-electron chi connectivity index (χ3n) is 4.82. The maximum atomic E-state index is 5.70. The first-order valence-corrected chi connectivity index (χ1v) is 9.24. The minimum atomic E-state index is 0.289. The molecule has 1 saturated heterocycles. The molecule has 1 unspecified atom stereocenters. The fourth-order valence-corrected chi connectivity index (χ4v) is 3.01. The number of hydrogen-bond acceptors (Lipinski definition) is 2. The molecule has 0 amide bonds. The first kappa shape index (κ1) is 16.9. The van der Waals surface area contributed by atoms with Crippen molar-refractivity contribution in [2.45, 2.75) is 25.9 Å². The first-order valence-electron chi connectivity index (χ1n) is 9.24. The van der Waals surface area contributed by atoms with Crippen LogP contribution in [0.15, 0.2) is 72.8 Å². The molecule has 0 aromatic heterocycles. The van der Waals surface area contributed by atoms with Gasteiger partial charge < -0.3 is 9.47 Å². The van der Waals surface area contributed by atoms with Crippen molar-refractivity contribution in [3.8, 4) is 28.0 Å². The Morgan fingerprint density at radius 3 is 1.62 bits per heavy atom. The molecule has 3 aromatic carbocycles. The third kappa shape index (κ3) is 3.97. The SMILES string of the molecule is CC(C)c1ccc(-c2ccc(-c3ccc(OCC4CO4)cc3)cc2)cc1. The molecule has 132 valence electrons. The van der Waals surface area contributed by atoms with Gasteiger partial charge >= 0.3 is 0 Å². The van der Waals surface area contributed by atoms with Crippen LogP contribution in [0.3, 0.4) is 0 Å². The molecule has 26 heavy (non-hydrogen) atoms. The molecule has 1 aliphatic heterocycles. The summed E-state index contributed by atoms with van der Waals surface area (Å²) in [4.78, 5) is 0. The van der Waals surface area contributed by atoms with Gasteiger partial charge in [0.25, 0.3) is 0 Å². The van der Waals surface area contributed by atoms with E-state index in [-0.39, 0.29) is 6.10 Å². The van der Waals surface area contributed by atoms with Gasteiger partial charge in [0.15, 0.2) is 0 Å². The van der Waals surface area contributed by atoms with Gasteiger partial charge in [0.1, 0.15) is 18.5 Å². The van der Waals surface area contributed by atoms with Gasteiger partial charge in [0, 0.05) is 0 Å². The van der Waals surface area contributed by atoms with Crippen molar-refractivity contribution < 1.29 is 9.47 Å². The van der Waals surface area contributed by atoms with Crippen molar-refractivity contribution in [2.75, 3.05) is 13.2 Å². The maximum absolute atomic E-state index is 5.70. The smallest absolute Gasteiger partial charge is 0.119 e. The van der Waals surface area contributed by atoms with Crippen molar-refractivity contribution in [3.05, 3.63) is 78.4 Å². The molecule has 4 rings (SSSR count). The molecule has 1 fully saturated rings. The van der Waals surface area contributed by atoms with Gasteiger partial charge in [0.05, 0.1) is 6.61 Å². The number of ether oxygens (including phenoxy) is 2. The summed E-state index contributed by atoms with van der Waals surface area (Å²) in [5.74, 6) is 1.46. The monoisotopic (exact) mass is 344 g/mol. The van der Waals surface area contributed by atoms with Crippen molar-refractivity contribution >= 4 is 0 Å². The molecule has 1 atom stereocenters. The lowest BCUT2D eigenvalue weighted by Crippen LogP contribution is -2.03. The Labute approximate surface area is 155 Å². The van der Waals surface area contributed by atoms with Gasteiger partial charge in [-0.05, 0) is 45.9 Å². The lowest BCUT2D eigenvalue weighted by molar-refractivity contribution is 0.263.